The Bertz CT molecular complexity index is 750. The summed E-state index contributed by atoms with van der Waals surface area (Å²) in [6.07, 6.45) is 4.21. The first-order valence-corrected chi connectivity index (χ1v) is 8.88. The minimum Gasteiger partial charge on any atom is -0.352 e. The number of nitrogens with zero attached hydrogens (tertiary/aromatic N) is 4. The molecule has 0 spiro atoms. The van der Waals surface area contributed by atoms with Gasteiger partial charge in [-0.15, -0.1) is 0 Å². The number of nitrogens with one attached hydrogen (secondary N) is 1. The molecular weight excluding hydrogens is 314 g/mol. The number of hydrogen-bond acceptors (Lipinski definition) is 4. The van der Waals surface area contributed by atoms with Crippen molar-refractivity contribution in [1.29, 1.82) is 0 Å². The lowest BCUT2D eigenvalue weighted by atomic mass is 10.1. The van der Waals surface area contributed by atoms with Gasteiger partial charge in [-0.2, -0.15) is 5.10 Å². The highest BCUT2D eigenvalue weighted by atomic mass is 16.1. The van der Waals surface area contributed by atoms with Crippen molar-refractivity contribution < 1.29 is 4.79 Å². The molecule has 0 saturated carbocycles. The van der Waals surface area contributed by atoms with Gasteiger partial charge in [-0.3, -0.25) is 19.4 Å². The number of amides is 1. The summed E-state index contributed by atoms with van der Waals surface area (Å²) < 4.78 is 1.96. The van der Waals surface area contributed by atoms with Crippen LogP contribution in [-0.2, 0) is 24.9 Å². The second-order valence-electron chi connectivity index (χ2n) is 6.90. The SMILES string of the molecule is CC(=O)NCc1ccc(C2CCCN2Cc2c(C)nn(C)c2C)nc1. The van der Waals surface area contributed by atoms with Crippen molar-refractivity contribution >= 4 is 5.91 Å². The van der Waals surface area contributed by atoms with E-state index in [1.165, 1.54) is 24.6 Å². The van der Waals surface area contributed by atoms with Gasteiger partial charge >= 0.3 is 0 Å². The topological polar surface area (TPSA) is 63.1 Å². The summed E-state index contributed by atoms with van der Waals surface area (Å²) in [5, 5.41) is 7.35. The second kappa shape index (κ2) is 7.35. The Hall–Kier alpha value is -2.21. The van der Waals surface area contributed by atoms with Crippen molar-refractivity contribution in [3.63, 3.8) is 0 Å². The summed E-state index contributed by atoms with van der Waals surface area (Å²) in [6.45, 7) is 8.29. The minimum absolute atomic E-state index is 0.0201. The average molecular weight is 341 g/mol. The zero-order valence-electron chi connectivity index (χ0n) is 15.5. The Morgan fingerprint density at radius 3 is 2.76 bits per heavy atom. The van der Waals surface area contributed by atoms with Crippen molar-refractivity contribution in [3.8, 4) is 0 Å². The van der Waals surface area contributed by atoms with Gasteiger partial charge in [0.05, 0.1) is 17.4 Å². The van der Waals surface area contributed by atoms with E-state index < -0.39 is 0 Å². The molecule has 0 bridgehead atoms. The zero-order chi connectivity index (χ0) is 18.0. The van der Waals surface area contributed by atoms with E-state index in [1.54, 1.807) is 0 Å². The Labute approximate surface area is 149 Å². The number of rotatable bonds is 5. The lowest BCUT2D eigenvalue weighted by Gasteiger charge is -2.24. The molecule has 0 aliphatic carbocycles. The molecule has 3 heterocycles. The molecule has 1 amide bonds. The van der Waals surface area contributed by atoms with Crippen LogP contribution in [0.4, 0.5) is 0 Å². The van der Waals surface area contributed by atoms with Crippen LogP contribution in [0.15, 0.2) is 18.3 Å². The third-order valence-electron chi connectivity index (χ3n) is 5.11. The van der Waals surface area contributed by atoms with Crippen LogP contribution in [0.1, 0.15) is 54.0 Å². The van der Waals surface area contributed by atoms with E-state index >= 15 is 0 Å². The molecule has 134 valence electrons. The van der Waals surface area contributed by atoms with E-state index in [1.807, 2.05) is 17.9 Å². The van der Waals surface area contributed by atoms with Crippen molar-refractivity contribution in [3.05, 3.63) is 46.5 Å². The standard InChI is InChI=1S/C19H27N5O/c1-13-17(14(2)23(4)22-13)12-24-9-5-6-19(24)18-8-7-16(11-21-18)10-20-15(3)25/h7-8,11,19H,5-6,9-10,12H2,1-4H3,(H,20,25). The molecule has 0 aromatic carbocycles. The van der Waals surface area contributed by atoms with Crippen LogP contribution in [0.3, 0.4) is 0 Å². The quantitative estimate of drug-likeness (QED) is 0.907. The molecule has 3 rings (SSSR count). The first kappa shape index (κ1) is 17.6. The monoisotopic (exact) mass is 341 g/mol. The Kier molecular flexibility index (Phi) is 5.18. The Balaban J connectivity index is 1.72. The third-order valence-corrected chi connectivity index (χ3v) is 5.11. The summed E-state index contributed by atoms with van der Waals surface area (Å²) in [4.78, 5) is 18.2. The van der Waals surface area contributed by atoms with Gasteiger partial charge in [0.15, 0.2) is 0 Å². The fourth-order valence-corrected chi connectivity index (χ4v) is 3.56. The molecule has 2 aromatic rings. The summed E-state index contributed by atoms with van der Waals surface area (Å²) in [7, 11) is 2.00. The molecule has 1 unspecified atom stereocenters. The predicted octanol–water partition coefficient (Wildman–Crippen LogP) is 2.41. The van der Waals surface area contributed by atoms with Gasteiger partial charge < -0.3 is 5.32 Å². The first-order valence-electron chi connectivity index (χ1n) is 8.88. The van der Waals surface area contributed by atoms with E-state index in [-0.39, 0.29) is 5.91 Å². The van der Waals surface area contributed by atoms with Gasteiger partial charge in [0, 0.05) is 44.5 Å². The van der Waals surface area contributed by atoms with Crippen LogP contribution in [0.2, 0.25) is 0 Å². The fourth-order valence-electron chi connectivity index (χ4n) is 3.56. The van der Waals surface area contributed by atoms with Crippen molar-refractivity contribution in [2.24, 2.45) is 7.05 Å². The highest BCUT2D eigenvalue weighted by molar-refractivity contribution is 5.72. The van der Waals surface area contributed by atoms with Gasteiger partial charge in [0.25, 0.3) is 0 Å². The molecule has 1 N–H and O–H groups in total. The van der Waals surface area contributed by atoms with E-state index in [2.05, 4.69) is 46.3 Å². The van der Waals surface area contributed by atoms with Crippen molar-refractivity contribution in [2.75, 3.05) is 6.54 Å². The third kappa shape index (κ3) is 3.90. The van der Waals surface area contributed by atoms with E-state index in [0.717, 1.165) is 36.5 Å². The molecule has 1 saturated heterocycles. The van der Waals surface area contributed by atoms with Gasteiger partial charge in [-0.05, 0) is 44.9 Å². The molecule has 1 aliphatic heterocycles. The van der Waals surface area contributed by atoms with E-state index in [9.17, 15) is 4.79 Å². The maximum atomic E-state index is 11.0. The first-order chi connectivity index (χ1) is 12.0. The maximum Gasteiger partial charge on any atom is 0.217 e. The van der Waals surface area contributed by atoms with Gasteiger partial charge in [0.1, 0.15) is 0 Å². The lowest BCUT2D eigenvalue weighted by molar-refractivity contribution is -0.119. The van der Waals surface area contributed by atoms with Crippen LogP contribution in [-0.4, -0.2) is 32.1 Å². The average Bonchev–Trinajstić information content (AvgIpc) is 3.14. The smallest absolute Gasteiger partial charge is 0.217 e. The van der Waals surface area contributed by atoms with Crippen LogP contribution in [0.5, 0.6) is 0 Å². The molecule has 6 heteroatoms. The van der Waals surface area contributed by atoms with E-state index in [0.29, 0.717) is 12.6 Å². The van der Waals surface area contributed by atoms with Gasteiger partial charge in [-0.1, -0.05) is 6.07 Å². The molecule has 0 radical (unpaired) electrons. The summed E-state index contributed by atoms with van der Waals surface area (Å²) in [5.74, 6) is -0.0201. The molecule has 25 heavy (non-hydrogen) atoms. The number of pyridine rings is 1. The summed E-state index contributed by atoms with van der Waals surface area (Å²) in [6, 6.07) is 4.52. The molecular formula is C19H27N5O. The minimum atomic E-state index is -0.0201. The lowest BCUT2D eigenvalue weighted by Crippen LogP contribution is -2.24. The molecule has 2 aromatic heterocycles. The highest BCUT2D eigenvalue weighted by Crippen LogP contribution is 2.33. The highest BCUT2D eigenvalue weighted by Gasteiger charge is 2.28. The van der Waals surface area contributed by atoms with Gasteiger partial charge in [-0.25, -0.2) is 0 Å². The summed E-state index contributed by atoms with van der Waals surface area (Å²) >= 11 is 0. The number of aryl methyl sites for hydroxylation is 2. The largest absolute Gasteiger partial charge is 0.352 e. The van der Waals surface area contributed by atoms with Crippen LogP contribution in [0, 0.1) is 13.8 Å². The summed E-state index contributed by atoms with van der Waals surface area (Å²) in [5.41, 5.74) is 5.83. The molecule has 1 fully saturated rings. The number of carbonyl (C=O) groups excluding carboxylic acids is 1. The zero-order valence-corrected chi connectivity index (χ0v) is 15.5. The molecule has 1 aliphatic rings. The number of hydrogen-bond donors (Lipinski definition) is 1. The molecule has 6 nitrogen and oxygen atoms in total. The maximum absolute atomic E-state index is 11.0. The Morgan fingerprint density at radius 1 is 1.36 bits per heavy atom. The Morgan fingerprint density at radius 2 is 2.16 bits per heavy atom. The van der Waals surface area contributed by atoms with Gasteiger partial charge in [0.2, 0.25) is 5.91 Å². The normalized spacial score (nSPS) is 17.8. The second-order valence-corrected chi connectivity index (χ2v) is 6.90. The predicted molar refractivity (Wildman–Crippen MR) is 96.8 cm³/mol. The van der Waals surface area contributed by atoms with Crippen LogP contribution in [0.25, 0.3) is 0 Å². The van der Waals surface area contributed by atoms with E-state index in [4.69, 9.17) is 0 Å². The van der Waals surface area contributed by atoms with Crippen LogP contribution < -0.4 is 5.32 Å². The van der Waals surface area contributed by atoms with Crippen molar-refractivity contribution in [1.82, 2.24) is 25.0 Å². The number of likely N-dealkylation sites (tertiary alicyclic amines) is 1. The molecule has 1 atom stereocenters. The van der Waals surface area contributed by atoms with Crippen molar-refractivity contribution in [2.45, 2.75) is 52.7 Å². The van der Waals surface area contributed by atoms with Crippen LogP contribution >= 0.6 is 0 Å². The fraction of sp³-hybridized carbons (Fsp3) is 0.526. The number of carbonyl (C=O) groups is 1. The number of aromatic nitrogens is 3.